The van der Waals surface area contributed by atoms with Gasteiger partial charge in [-0.25, -0.2) is 0 Å². The van der Waals surface area contributed by atoms with Crippen LogP contribution in [0.2, 0.25) is 0 Å². The topological polar surface area (TPSA) is 72.9 Å². The number of Topliss-reactive ketones (excluding diaryl/α,β-unsaturated/α-hetero) is 1. The first-order valence-electron chi connectivity index (χ1n) is 10.9. The van der Waals surface area contributed by atoms with Gasteiger partial charge in [-0.1, -0.05) is 47.1 Å². The van der Waals surface area contributed by atoms with E-state index in [-0.39, 0.29) is 11.7 Å². The highest BCUT2D eigenvalue weighted by molar-refractivity contribution is 9.10. The van der Waals surface area contributed by atoms with Crippen molar-refractivity contribution >= 4 is 33.6 Å². The van der Waals surface area contributed by atoms with Gasteiger partial charge >= 0.3 is 5.97 Å². The lowest BCUT2D eigenvalue weighted by Crippen LogP contribution is -2.50. The first kappa shape index (κ1) is 21.3. The van der Waals surface area contributed by atoms with Crippen molar-refractivity contribution in [1.29, 1.82) is 0 Å². The normalized spacial score (nSPS) is 28.4. The van der Waals surface area contributed by atoms with E-state index < -0.39 is 22.7 Å². The third-order valence-electron chi connectivity index (χ3n) is 7.29. The zero-order chi connectivity index (χ0) is 22.7. The zero-order valence-electron chi connectivity index (χ0n) is 18.0. The van der Waals surface area contributed by atoms with Crippen molar-refractivity contribution in [1.82, 2.24) is 4.90 Å². The molecule has 0 spiro atoms. The quantitative estimate of drug-likeness (QED) is 0.278. The van der Waals surface area contributed by atoms with Crippen LogP contribution in [0, 0.1) is 10.8 Å². The van der Waals surface area contributed by atoms with E-state index in [0.29, 0.717) is 43.2 Å². The van der Waals surface area contributed by atoms with E-state index in [1.165, 1.54) is 0 Å². The summed E-state index contributed by atoms with van der Waals surface area (Å²) in [7, 11) is 0. The Hall–Kier alpha value is -2.51. The highest BCUT2D eigenvalue weighted by Crippen LogP contribution is 2.78. The minimum atomic E-state index is -1.57. The van der Waals surface area contributed by atoms with Gasteiger partial charge in [0, 0.05) is 34.6 Å². The van der Waals surface area contributed by atoms with Crippen LogP contribution in [0.5, 0.6) is 5.75 Å². The van der Waals surface area contributed by atoms with Crippen molar-refractivity contribution in [2.75, 3.05) is 26.3 Å². The molecule has 1 saturated carbocycles. The number of esters is 1. The maximum absolute atomic E-state index is 13.9. The summed E-state index contributed by atoms with van der Waals surface area (Å²) < 4.78 is 11.9. The summed E-state index contributed by atoms with van der Waals surface area (Å²) in [4.78, 5) is 42.9. The van der Waals surface area contributed by atoms with Crippen molar-refractivity contribution < 1.29 is 23.9 Å². The molecule has 7 heteroatoms. The molecular formula is C25H24BrNO5. The minimum Gasteiger partial charge on any atom is -0.425 e. The van der Waals surface area contributed by atoms with E-state index >= 15 is 0 Å². The molecule has 0 radical (unpaired) electrons. The van der Waals surface area contributed by atoms with Crippen molar-refractivity contribution in [3.63, 3.8) is 0 Å². The number of ketones is 1. The first-order chi connectivity index (χ1) is 15.4. The summed E-state index contributed by atoms with van der Waals surface area (Å²) in [5.74, 6) is -1.38. The van der Waals surface area contributed by atoms with Crippen molar-refractivity contribution in [3.05, 3.63) is 63.6 Å². The summed E-state index contributed by atoms with van der Waals surface area (Å²) in [6.07, 6.45) is 0.863. The summed E-state index contributed by atoms with van der Waals surface area (Å²) in [6, 6.07) is 12.8. The number of amides is 1. The maximum Gasteiger partial charge on any atom is 0.328 e. The monoisotopic (exact) mass is 497 g/mol. The first-order valence-corrected chi connectivity index (χ1v) is 11.7. The molecule has 166 valence electrons. The smallest absolute Gasteiger partial charge is 0.328 e. The zero-order valence-corrected chi connectivity index (χ0v) is 19.6. The number of ether oxygens (including phenoxy) is 2. The van der Waals surface area contributed by atoms with Gasteiger partial charge in [-0.3, -0.25) is 14.4 Å². The van der Waals surface area contributed by atoms with Crippen LogP contribution < -0.4 is 4.74 Å². The SMILES string of the molecule is CCc1ccc(C(=O)[C@@]2(C)[C@H]3c4cc(Br)ccc4OC(=O)[C@@]32C(=O)N2CCOCC2)cc1. The van der Waals surface area contributed by atoms with Crippen molar-refractivity contribution in [2.24, 2.45) is 10.8 Å². The molecule has 1 saturated heterocycles. The molecule has 1 aliphatic carbocycles. The highest BCUT2D eigenvalue weighted by atomic mass is 79.9. The van der Waals surface area contributed by atoms with E-state index in [1.54, 1.807) is 36.1 Å². The van der Waals surface area contributed by atoms with E-state index in [2.05, 4.69) is 15.9 Å². The standard InChI is InChI=1S/C25H24BrNO5/c1-3-15-4-6-16(7-5-15)21(28)24(2)20-18-14-17(26)8-9-19(18)32-23(30)25(20,24)22(29)27-10-12-31-13-11-27/h4-9,14,20H,3,10-13H2,1-2H3/t20-,24-,25+/m1/s1. The average molecular weight is 498 g/mol. The summed E-state index contributed by atoms with van der Waals surface area (Å²) in [6.45, 7) is 5.39. The molecule has 2 aromatic carbocycles. The van der Waals surface area contributed by atoms with Crippen molar-refractivity contribution in [2.45, 2.75) is 26.2 Å². The third kappa shape index (κ3) is 2.77. The van der Waals surface area contributed by atoms with Gasteiger partial charge in [-0.15, -0.1) is 0 Å². The van der Waals surface area contributed by atoms with Gasteiger partial charge in [0.25, 0.3) is 0 Å². The summed E-state index contributed by atoms with van der Waals surface area (Å²) in [5.41, 5.74) is -0.482. The number of morpholine rings is 1. The predicted octanol–water partition coefficient (Wildman–Crippen LogP) is 3.76. The molecule has 1 amide bonds. The predicted molar refractivity (Wildman–Crippen MR) is 121 cm³/mol. The lowest BCUT2D eigenvalue weighted by molar-refractivity contribution is -0.156. The van der Waals surface area contributed by atoms with Gasteiger partial charge in [-0.05, 0) is 37.1 Å². The molecule has 2 aromatic rings. The number of hydrogen-bond donors (Lipinski definition) is 0. The lowest BCUT2D eigenvalue weighted by Gasteiger charge is -2.32. The van der Waals surface area contributed by atoms with Crippen LogP contribution in [0.25, 0.3) is 0 Å². The number of hydrogen-bond acceptors (Lipinski definition) is 5. The number of halogens is 1. The molecule has 32 heavy (non-hydrogen) atoms. The van der Waals surface area contributed by atoms with Gasteiger partial charge in [0.2, 0.25) is 5.91 Å². The fourth-order valence-electron chi connectivity index (χ4n) is 5.46. The van der Waals surface area contributed by atoms with E-state index in [1.807, 2.05) is 25.1 Å². The fourth-order valence-corrected chi connectivity index (χ4v) is 5.84. The number of nitrogens with zero attached hydrogens (tertiary/aromatic N) is 1. The second kappa shape index (κ2) is 7.52. The van der Waals surface area contributed by atoms with E-state index in [0.717, 1.165) is 16.5 Å². The number of carbonyl (C=O) groups excluding carboxylic acids is 3. The van der Waals surface area contributed by atoms with Crippen LogP contribution in [0.15, 0.2) is 46.9 Å². The second-order valence-electron chi connectivity index (χ2n) is 8.80. The van der Waals surface area contributed by atoms with Crippen LogP contribution in [0.3, 0.4) is 0 Å². The Kier molecular flexibility index (Phi) is 5.02. The molecule has 5 rings (SSSR count). The molecule has 2 heterocycles. The molecule has 2 fully saturated rings. The van der Waals surface area contributed by atoms with Crippen LogP contribution >= 0.6 is 15.9 Å². The molecule has 3 aliphatic rings. The Balaban J connectivity index is 1.64. The van der Waals surface area contributed by atoms with Gasteiger partial charge in [0.05, 0.1) is 18.6 Å². The molecule has 6 nitrogen and oxygen atoms in total. The lowest BCUT2D eigenvalue weighted by atomic mass is 9.85. The molecule has 0 unspecified atom stereocenters. The molecule has 3 atom stereocenters. The minimum absolute atomic E-state index is 0.212. The number of rotatable bonds is 4. The van der Waals surface area contributed by atoms with Crippen molar-refractivity contribution in [3.8, 4) is 5.75 Å². The number of carbonyl (C=O) groups is 3. The Morgan fingerprint density at radius 3 is 2.47 bits per heavy atom. The van der Waals surface area contributed by atoms with Gasteiger partial charge in [-0.2, -0.15) is 0 Å². The summed E-state index contributed by atoms with van der Waals surface area (Å²) >= 11 is 3.48. The number of aryl methyl sites for hydroxylation is 1. The molecular weight excluding hydrogens is 474 g/mol. The Labute approximate surface area is 195 Å². The molecule has 0 aromatic heterocycles. The number of benzene rings is 2. The van der Waals surface area contributed by atoms with Gasteiger partial charge in [0.1, 0.15) is 5.75 Å². The van der Waals surface area contributed by atoms with Gasteiger partial charge in [0.15, 0.2) is 11.2 Å². The largest absolute Gasteiger partial charge is 0.425 e. The van der Waals surface area contributed by atoms with E-state index in [9.17, 15) is 14.4 Å². The van der Waals surface area contributed by atoms with Crippen LogP contribution in [0.1, 0.15) is 41.3 Å². The fraction of sp³-hybridized carbons (Fsp3) is 0.400. The molecule has 0 bridgehead atoms. The van der Waals surface area contributed by atoms with Crippen LogP contribution in [-0.2, 0) is 20.7 Å². The average Bonchev–Trinajstić information content (AvgIpc) is 3.42. The summed E-state index contributed by atoms with van der Waals surface area (Å²) in [5, 5.41) is 0. The van der Waals surface area contributed by atoms with Gasteiger partial charge < -0.3 is 14.4 Å². The van der Waals surface area contributed by atoms with E-state index in [4.69, 9.17) is 9.47 Å². The second-order valence-corrected chi connectivity index (χ2v) is 9.71. The highest BCUT2D eigenvalue weighted by Gasteiger charge is 2.88. The Bertz CT molecular complexity index is 1120. The third-order valence-corrected chi connectivity index (χ3v) is 7.78. The van der Waals surface area contributed by atoms with Crippen LogP contribution in [-0.4, -0.2) is 48.9 Å². The Morgan fingerprint density at radius 1 is 1.12 bits per heavy atom. The maximum atomic E-state index is 13.9. The Morgan fingerprint density at radius 2 is 1.81 bits per heavy atom. The number of fused-ring (bicyclic) bond motifs is 3. The molecule has 2 aliphatic heterocycles. The molecule has 0 N–H and O–H groups in total. The van der Waals surface area contributed by atoms with Crippen LogP contribution in [0.4, 0.5) is 0 Å².